The molecule has 0 aliphatic carbocycles. The molecule has 12 heavy (non-hydrogen) atoms. The minimum atomic E-state index is -0.109. The van der Waals surface area contributed by atoms with Crippen molar-refractivity contribution in [2.75, 3.05) is 6.61 Å². The SMILES string of the molecule is C[C@H](C[C@H](N)CO)c1cncs1. The summed E-state index contributed by atoms with van der Waals surface area (Å²) in [7, 11) is 0. The third-order valence-electron chi connectivity index (χ3n) is 1.83. The largest absolute Gasteiger partial charge is 0.395 e. The Morgan fingerprint density at radius 2 is 2.50 bits per heavy atom. The Morgan fingerprint density at radius 1 is 1.75 bits per heavy atom. The van der Waals surface area contributed by atoms with E-state index in [0.717, 1.165) is 6.42 Å². The van der Waals surface area contributed by atoms with Crippen molar-refractivity contribution in [1.29, 1.82) is 0 Å². The van der Waals surface area contributed by atoms with Gasteiger partial charge in [-0.05, 0) is 12.3 Å². The van der Waals surface area contributed by atoms with Gasteiger partial charge in [-0.3, -0.25) is 4.98 Å². The summed E-state index contributed by atoms with van der Waals surface area (Å²) in [6.07, 6.45) is 2.68. The van der Waals surface area contributed by atoms with Gasteiger partial charge in [-0.15, -0.1) is 11.3 Å². The summed E-state index contributed by atoms with van der Waals surface area (Å²) in [5.41, 5.74) is 7.43. The molecule has 68 valence electrons. The van der Waals surface area contributed by atoms with Gasteiger partial charge in [-0.25, -0.2) is 0 Å². The molecule has 3 N–H and O–H groups in total. The summed E-state index contributed by atoms with van der Waals surface area (Å²) in [6, 6.07) is -0.109. The number of nitrogens with zero attached hydrogens (tertiary/aromatic N) is 1. The summed E-state index contributed by atoms with van der Waals surface area (Å²) >= 11 is 1.64. The third-order valence-corrected chi connectivity index (χ3v) is 2.84. The van der Waals surface area contributed by atoms with Gasteiger partial charge in [0, 0.05) is 17.1 Å². The van der Waals surface area contributed by atoms with Crippen molar-refractivity contribution in [2.24, 2.45) is 5.73 Å². The quantitative estimate of drug-likeness (QED) is 0.736. The van der Waals surface area contributed by atoms with E-state index in [2.05, 4.69) is 11.9 Å². The normalized spacial score (nSPS) is 15.9. The smallest absolute Gasteiger partial charge is 0.0794 e. The predicted molar refractivity (Wildman–Crippen MR) is 50.2 cm³/mol. The number of aromatic nitrogens is 1. The Hall–Kier alpha value is -0.450. The molecule has 4 heteroatoms. The molecule has 1 heterocycles. The third kappa shape index (κ3) is 2.55. The van der Waals surface area contributed by atoms with Gasteiger partial charge in [0.2, 0.25) is 0 Å². The molecule has 1 aromatic heterocycles. The monoisotopic (exact) mass is 186 g/mol. The van der Waals surface area contributed by atoms with Gasteiger partial charge in [0.15, 0.2) is 0 Å². The lowest BCUT2D eigenvalue weighted by molar-refractivity contribution is 0.255. The maximum Gasteiger partial charge on any atom is 0.0794 e. The second-order valence-electron chi connectivity index (χ2n) is 2.98. The summed E-state index contributed by atoms with van der Waals surface area (Å²) in [5.74, 6) is 0.402. The van der Waals surface area contributed by atoms with Gasteiger partial charge < -0.3 is 10.8 Å². The maximum absolute atomic E-state index is 8.74. The highest BCUT2D eigenvalue weighted by Crippen LogP contribution is 2.22. The number of rotatable bonds is 4. The molecule has 0 bridgehead atoms. The average Bonchev–Trinajstić information content (AvgIpc) is 2.56. The van der Waals surface area contributed by atoms with Crippen molar-refractivity contribution in [3.05, 3.63) is 16.6 Å². The van der Waals surface area contributed by atoms with Crippen molar-refractivity contribution in [3.8, 4) is 0 Å². The minimum absolute atomic E-state index is 0.0587. The molecule has 0 spiro atoms. The van der Waals surface area contributed by atoms with Crippen LogP contribution >= 0.6 is 11.3 Å². The lowest BCUT2D eigenvalue weighted by atomic mass is 10.0. The number of thiazole rings is 1. The minimum Gasteiger partial charge on any atom is -0.395 e. The Balaban J connectivity index is 2.44. The van der Waals surface area contributed by atoms with E-state index >= 15 is 0 Å². The molecule has 0 saturated heterocycles. The van der Waals surface area contributed by atoms with E-state index in [1.165, 1.54) is 4.88 Å². The Morgan fingerprint density at radius 3 is 3.00 bits per heavy atom. The first-order valence-corrected chi connectivity index (χ1v) is 4.86. The Bertz CT molecular complexity index is 213. The molecule has 0 unspecified atom stereocenters. The molecule has 0 aliphatic heterocycles. The van der Waals surface area contributed by atoms with Crippen LogP contribution in [-0.2, 0) is 0 Å². The Labute approximate surface area is 76.3 Å². The molecular formula is C8H14N2OS. The van der Waals surface area contributed by atoms with Crippen LogP contribution in [0.1, 0.15) is 24.1 Å². The summed E-state index contributed by atoms with van der Waals surface area (Å²) in [4.78, 5) is 5.23. The molecule has 3 nitrogen and oxygen atoms in total. The summed E-state index contributed by atoms with van der Waals surface area (Å²) < 4.78 is 0. The molecule has 0 amide bonds. The maximum atomic E-state index is 8.74. The number of aliphatic hydroxyl groups excluding tert-OH is 1. The zero-order valence-corrected chi connectivity index (χ0v) is 7.92. The molecule has 1 rings (SSSR count). The van der Waals surface area contributed by atoms with Crippen LogP contribution in [-0.4, -0.2) is 22.7 Å². The molecule has 0 radical (unpaired) electrons. The standard InChI is InChI=1S/C8H14N2OS/c1-6(2-7(9)4-11)8-3-10-5-12-8/h3,5-7,11H,2,4,9H2,1H3/t6-,7+/m1/s1. The number of hydrogen-bond donors (Lipinski definition) is 2. The van der Waals surface area contributed by atoms with Gasteiger partial charge in [0.1, 0.15) is 0 Å². The lowest BCUT2D eigenvalue weighted by Gasteiger charge is -2.12. The van der Waals surface area contributed by atoms with Crippen molar-refractivity contribution in [3.63, 3.8) is 0 Å². The van der Waals surface area contributed by atoms with Crippen LogP contribution in [0.2, 0.25) is 0 Å². The van der Waals surface area contributed by atoms with Crippen molar-refractivity contribution < 1.29 is 5.11 Å². The van der Waals surface area contributed by atoms with Crippen LogP contribution in [0.5, 0.6) is 0 Å². The molecule has 1 aromatic rings. The fourth-order valence-electron chi connectivity index (χ4n) is 1.11. The molecule has 0 aliphatic rings. The second kappa shape index (κ2) is 4.54. The van der Waals surface area contributed by atoms with Crippen LogP contribution in [0.15, 0.2) is 11.7 Å². The van der Waals surface area contributed by atoms with Crippen LogP contribution in [0.25, 0.3) is 0 Å². The highest BCUT2D eigenvalue weighted by Gasteiger charge is 2.11. The van der Waals surface area contributed by atoms with Crippen molar-refractivity contribution in [1.82, 2.24) is 4.98 Å². The van der Waals surface area contributed by atoms with E-state index in [9.17, 15) is 0 Å². The van der Waals surface area contributed by atoms with Crippen molar-refractivity contribution >= 4 is 11.3 Å². The highest BCUT2D eigenvalue weighted by atomic mass is 32.1. The van der Waals surface area contributed by atoms with Gasteiger partial charge >= 0.3 is 0 Å². The van der Waals surface area contributed by atoms with Gasteiger partial charge in [0.05, 0.1) is 12.1 Å². The first kappa shape index (κ1) is 9.64. The second-order valence-corrected chi connectivity index (χ2v) is 3.90. The van der Waals surface area contributed by atoms with E-state index in [0.29, 0.717) is 5.92 Å². The number of nitrogens with two attached hydrogens (primary N) is 1. The van der Waals surface area contributed by atoms with Crippen LogP contribution in [0, 0.1) is 0 Å². The van der Waals surface area contributed by atoms with E-state index in [1.807, 2.05) is 11.7 Å². The van der Waals surface area contributed by atoms with E-state index in [4.69, 9.17) is 10.8 Å². The van der Waals surface area contributed by atoms with Gasteiger partial charge in [-0.1, -0.05) is 6.92 Å². The Kier molecular flexibility index (Phi) is 3.65. The average molecular weight is 186 g/mol. The fourth-order valence-corrected chi connectivity index (χ4v) is 1.81. The van der Waals surface area contributed by atoms with E-state index in [-0.39, 0.29) is 12.6 Å². The van der Waals surface area contributed by atoms with Crippen molar-refractivity contribution in [2.45, 2.75) is 25.3 Å². The van der Waals surface area contributed by atoms with Crippen LogP contribution in [0.4, 0.5) is 0 Å². The summed E-state index contributed by atoms with van der Waals surface area (Å²) in [6.45, 7) is 2.16. The van der Waals surface area contributed by atoms with Gasteiger partial charge in [0.25, 0.3) is 0 Å². The summed E-state index contributed by atoms with van der Waals surface area (Å²) in [5, 5.41) is 8.74. The lowest BCUT2D eigenvalue weighted by Crippen LogP contribution is -2.25. The highest BCUT2D eigenvalue weighted by molar-refractivity contribution is 7.09. The molecule has 0 saturated carbocycles. The van der Waals surface area contributed by atoms with E-state index in [1.54, 1.807) is 11.3 Å². The zero-order valence-electron chi connectivity index (χ0n) is 7.10. The first-order valence-electron chi connectivity index (χ1n) is 3.99. The zero-order chi connectivity index (χ0) is 8.97. The number of hydrogen-bond acceptors (Lipinski definition) is 4. The number of aliphatic hydroxyl groups is 1. The predicted octanol–water partition coefficient (Wildman–Crippen LogP) is 0.956. The first-order chi connectivity index (χ1) is 5.74. The molecule has 2 atom stereocenters. The molecule has 0 fully saturated rings. The molecule has 0 aromatic carbocycles. The molecular weight excluding hydrogens is 172 g/mol. The fraction of sp³-hybridized carbons (Fsp3) is 0.625. The van der Waals surface area contributed by atoms with Crippen LogP contribution < -0.4 is 5.73 Å². The van der Waals surface area contributed by atoms with Crippen LogP contribution in [0.3, 0.4) is 0 Å². The van der Waals surface area contributed by atoms with E-state index < -0.39 is 0 Å². The topological polar surface area (TPSA) is 59.1 Å². The van der Waals surface area contributed by atoms with Gasteiger partial charge in [-0.2, -0.15) is 0 Å².